The lowest BCUT2D eigenvalue weighted by Crippen LogP contribution is -2.44. The molecule has 2 N–H and O–H groups in total. The van der Waals surface area contributed by atoms with Crippen LogP contribution in [0.4, 0.5) is 28.8 Å². The standard InChI is InChI=1S/C26H33N7O/c1-19-18-27-26(28-20-9-11-21(12-10-20)32-16-14-31(2)15-17-32)30-24(19)29-23-8-5-13-33(25(23)34)22-6-3-4-7-22/h5,8-13,18,22H,3-4,6-7,14-17H2,1-2H3,(H2,27,28,29,30). The summed E-state index contributed by atoms with van der Waals surface area (Å²) < 4.78 is 1.87. The van der Waals surface area contributed by atoms with E-state index in [0.29, 0.717) is 23.5 Å². The molecule has 2 aromatic heterocycles. The maximum atomic E-state index is 13.1. The average molecular weight is 460 g/mol. The lowest BCUT2D eigenvalue weighted by molar-refractivity contribution is 0.313. The van der Waals surface area contributed by atoms with Crippen LogP contribution in [0.25, 0.3) is 0 Å². The Balaban J connectivity index is 1.30. The first kappa shape index (κ1) is 22.4. The van der Waals surface area contributed by atoms with Gasteiger partial charge in [0, 0.05) is 61.6 Å². The second-order valence-corrected chi connectivity index (χ2v) is 9.38. The molecule has 2 fully saturated rings. The third-order valence-corrected chi connectivity index (χ3v) is 6.91. The molecule has 3 heterocycles. The molecule has 1 aliphatic carbocycles. The van der Waals surface area contributed by atoms with Crippen molar-refractivity contribution in [3.63, 3.8) is 0 Å². The highest BCUT2D eigenvalue weighted by Crippen LogP contribution is 2.29. The lowest BCUT2D eigenvalue weighted by Gasteiger charge is -2.34. The molecule has 3 aromatic rings. The molecule has 8 nitrogen and oxygen atoms in total. The van der Waals surface area contributed by atoms with Crippen molar-refractivity contribution >= 4 is 28.8 Å². The molecule has 1 saturated carbocycles. The fourth-order valence-corrected chi connectivity index (χ4v) is 4.78. The molecule has 34 heavy (non-hydrogen) atoms. The van der Waals surface area contributed by atoms with Crippen LogP contribution in [0, 0.1) is 6.92 Å². The summed E-state index contributed by atoms with van der Waals surface area (Å²) in [5.74, 6) is 1.13. The van der Waals surface area contributed by atoms with Crippen molar-refractivity contribution in [1.82, 2.24) is 19.4 Å². The third-order valence-electron chi connectivity index (χ3n) is 6.91. The van der Waals surface area contributed by atoms with Crippen LogP contribution in [0.3, 0.4) is 0 Å². The van der Waals surface area contributed by atoms with Crippen LogP contribution in [-0.2, 0) is 0 Å². The second kappa shape index (κ2) is 9.85. The Hall–Kier alpha value is -3.39. The summed E-state index contributed by atoms with van der Waals surface area (Å²) in [6.45, 7) is 6.19. The minimum Gasteiger partial charge on any atom is -0.369 e. The number of aryl methyl sites for hydroxylation is 1. The van der Waals surface area contributed by atoms with Crippen LogP contribution in [0.2, 0.25) is 0 Å². The van der Waals surface area contributed by atoms with E-state index in [9.17, 15) is 4.79 Å². The SMILES string of the molecule is Cc1cnc(Nc2ccc(N3CCN(C)CC3)cc2)nc1Nc1cccn(C2CCCC2)c1=O. The van der Waals surface area contributed by atoms with Crippen molar-refractivity contribution in [2.45, 2.75) is 38.6 Å². The third kappa shape index (κ3) is 4.92. The van der Waals surface area contributed by atoms with Crippen molar-refractivity contribution in [2.75, 3.05) is 48.8 Å². The van der Waals surface area contributed by atoms with E-state index in [1.165, 1.54) is 18.5 Å². The van der Waals surface area contributed by atoms with Gasteiger partial charge in [0.25, 0.3) is 5.56 Å². The summed E-state index contributed by atoms with van der Waals surface area (Å²) in [7, 11) is 2.16. The first-order chi connectivity index (χ1) is 16.6. The summed E-state index contributed by atoms with van der Waals surface area (Å²) in [5, 5.41) is 6.54. The normalized spacial score (nSPS) is 17.2. The van der Waals surface area contributed by atoms with Gasteiger partial charge in [-0.25, -0.2) is 4.98 Å². The van der Waals surface area contributed by atoms with Crippen LogP contribution in [0.1, 0.15) is 37.3 Å². The molecule has 0 bridgehead atoms. The first-order valence-electron chi connectivity index (χ1n) is 12.2. The maximum Gasteiger partial charge on any atom is 0.274 e. The van der Waals surface area contributed by atoms with Crippen molar-refractivity contribution in [2.24, 2.45) is 0 Å². The van der Waals surface area contributed by atoms with Crippen molar-refractivity contribution in [3.05, 3.63) is 64.7 Å². The van der Waals surface area contributed by atoms with Gasteiger partial charge in [-0.3, -0.25) is 4.79 Å². The molecule has 2 aliphatic rings. The van der Waals surface area contributed by atoms with E-state index in [2.05, 4.69) is 61.7 Å². The molecule has 0 amide bonds. The molecule has 8 heteroatoms. The van der Waals surface area contributed by atoms with Crippen molar-refractivity contribution in [3.8, 4) is 0 Å². The summed E-state index contributed by atoms with van der Waals surface area (Å²) >= 11 is 0. The van der Waals surface area contributed by atoms with E-state index in [0.717, 1.165) is 50.3 Å². The van der Waals surface area contributed by atoms with Crippen molar-refractivity contribution in [1.29, 1.82) is 0 Å². The van der Waals surface area contributed by atoms with E-state index in [1.807, 2.05) is 29.8 Å². The predicted molar refractivity (Wildman–Crippen MR) is 138 cm³/mol. The summed E-state index contributed by atoms with van der Waals surface area (Å²) in [6.07, 6.45) is 8.18. The monoisotopic (exact) mass is 459 g/mol. The van der Waals surface area contributed by atoms with Crippen LogP contribution in [0.5, 0.6) is 0 Å². The van der Waals surface area contributed by atoms with Crippen LogP contribution < -0.4 is 21.1 Å². The van der Waals surface area contributed by atoms with Gasteiger partial charge in [0.1, 0.15) is 11.5 Å². The van der Waals surface area contributed by atoms with Gasteiger partial charge in [0.05, 0.1) is 0 Å². The molecule has 0 radical (unpaired) electrons. The first-order valence-corrected chi connectivity index (χ1v) is 12.2. The molecule has 1 saturated heterocycles. The molecular weight excluding hydrogens is 426 g/mol. The molecule has 5 rings (SSSR count). The van der Waals surface area contributed by atoms with Gasteiger partial charge in [0.15, 0.2) is 0 Å². The maximum absolute atomic E-state index is 13.1. The van der Waals surface area contributed by atoms with Gasteiger partial charge in [0.2, 0.25) is 5.95 Å². The number of pyridine rings is 1. The number of aromatic nitrogens is 3. The van der Waals surface area contributed by atoms with E-state index < -0.39 is 0 Å². The van der Waals surface area contributed by atoms with E-state index in [-0.39, 0.29) is 5.56 Å². The Kier molecular flexibility index (Phi) is 6.49. The predicted octanol–water partition coefficient (Wildman–Crippen LogP) is 4.30. The molecule has 0 atom stereocenters. The number of hydrogen-bond donors (Lipinski definition) is 2. The van der Waals surface area contributed by atoms with Crippen LogP contribution >= 0.6 is 0 Å². The van der Waals surface area contributed by atoms with Crippen LogP contribution in [0.15, 0.2) is 53.6 Å². The number of nitrogens with one attached hydrogen (secondary N) is 2. The minimum absolute atomic E-state index is 0.00131. The quantitative estimate of drug-likeness (QED) is 0.569. The number of hydrogen-bond acceptors (Lipinski definition) is 7. The number of likely N-dealkylation sites (N-methyl/N-ethyl adjacent to an activating group) is 1. The number of nitrogens with zero attached hydrogens (tertiary/aromatic N) is 5. The highest BCUT2D eigenvalue weighted by Gasteiger charge is 2.19. The fourth-order valence-electron chi connectivity index (χ4n) is 4.78. The topological polar surface area (TPSA) is 78.3 Å². The lowest BCUT2D eigenvalue weighted by atomic mass is 10.2. The Labute approximate surface area is 200 Å². The Morgan fingerprint density at radius 3 is 2.44 bits per heavy atom. The summed E-state index contributed by atoms with van der Waals surface area (Å²) in [6, 6.07) is 12.4. The molecule has 1 aliphatic heterocycles. The zero-order valence-corrected chi connectivity index (χ0v) is 20.0. The van der Waals surface area contributed by atoms with Gasteiger partial charge in [-0.15, -0.1) is 0 Å². The highest BCUT2D eigenvalue weighted by atomic mass is 16.1. The molecule has 1 aromatic carbocycles. The average Bonchev–Trinajstić information content (AvgIpc) is 3.38. The zero-order chi connectivity index (χ0) is 23.5. The van der Waals surface area contributed by atoms with E-state index in [1.54, 1.807) is 6.20 Å². The van der Waals surface area contributed by atoms with E-state index in [4.69, 9.17) is 0 Å². The highest BCUT2D eigenvalue weighted by molar-refractivity contribution is 5.63. The molecule has 0 spiro atoms. The van der Waals surface area contributed by atoms with Gasteiger partial charge in [-0.2, -0.15) is 4.98 Å². The molecule has 178 valence electrons. The Bertz CT molecular complexity index is 1180. The van der Waals surface area contributed by atoms with Gasteiger partial charge < -0.3 is 25.0 Å². The van der Waals surface area contributed by atoms with Crippen molar-refractivity contribution < 1.29 is 0 Å². The second-order valence-electron chi connectivity index (χ2n) is 9.38. The van der Waals surface area contributed by atoms with Gasteiger partial charge in [-0.05, 0) is 63.2 Å². The fraction of sp³-hybridized carbons (Fsp3) is 0.423. The minimum atomic E-state index is 0.00131. The Morgan fingerprint density at radius 2 is 1.71 bits per heavy atom. The smallest absolute Gasteiger partial charge is 0.274 e. The molecule has 0 unspecified atom stereocenters. The number of anilines is 5. The number of benzene rings is 1. The number of rotatable bonds is 6. The van der Waals surface area contributed by atoms with Crippen LogP contribution in [-0.4, -0.2) is 52.7 Å². The summed E-state index contributed by atoms with van der Waals surface area (Å²) in [4.78, 5) is 26.9. The van der Waals surface area contributed by atoms with Gasteiger partial charge in [-0.1, -0.05) is 12.8 Å². The Morgan fingerprint density at radius 1 is 0.971 bits per heavy atom. The summed E-state index contributed by atoms with van der Waals surface area (Å²) in [5.41, 5.74) is 3.58. The molecular formula is C26H33N7O. The largest absolute Gasteiger partial charge is 0.369 e. The van der Waals surface area contributed by atoms with E-state index >= 15 is 0 Å². The number of piperazine rings is 1. The van der Waals surface area contributed by atoms with Gasteiger partial charge >= 0.3 is 0 Å². The zero-order valence-electron chi connectivity index (χ0n) is 20.0.